The Morgan fingerprint density at radius 1 is 1.14 bits per heavy atom. The topological polar surface area (TPSA) is 80.4 Å². The van der Waals surface area contributed by atoms with Crippen LogP contribution in [0.3, 0.4) is 0 Å². The molecule has 1 aromatic carbocycles. The van der Waals surface area contributed by atoms with Crippen LogP contribution in [0.25, 0.3) is 10.8 Å². The van der Waals surface area contributed by atoms with E-state index in [0.717, 1.165) is 0 Å². The fraction of sp³-hybridized carbons (Fsp3) is 0.474. The number of halogens is 3. The number of carbonyl (C=O) groups is 1. The minimum absolute atomic E-state index is 0.0876. The van der Waals surface area contributed by atoms with Crippen molar-refractivity contribution in [2.24, 2.45) is 5.92 Å². The van der Waals surface area contributed by atoms with E-state index in [0.29, 0.717) is 42.3 Å². The Morgan fingerprint density at radius 3 is 2.50 bits per heavy atom. The third-order valence-corrected chi connectivity index (χ3v) is 5.39. The second-order valence-electron chi connectivity index (χ2n) is 7.08. The van der Waals surface area contributed by atoms with Crippen LogP contribution in [-0.2, 0) is 20.9 Å². The number of alkyl halides is 3. The average molecular weight is 396 g/mol. The summed E-state index contributed by atoms with van der Waals surface area (Å²) in [5.74, 6) is -2.38. The van der Waals surface area contributed by atoms with E-state index in [1.807, 2.05) is 0 Å². The Labute approximate surface area is 158 Å². The second kappa shape index (κ2) is 7.21. The maximum Gasteiger partial charge on any atom is 0.490 e. The fourth-order valence-electron chi connectivity index (χ4n) is 4.05. The lowest BCUT2D eigenvalue weighted by Gasteiger charge is -2.39. The Bertz CT molecular complexity index is 950. The molecule has 0 bridgehead atoms. The Kier molecular flexibility index (Phi) is 4.88. The summed E-state index contributed by atoms with van der Waals surface area (Å²) < 4.78 is 49.4. The van der Waals surface area contributed by atoms with E-state index in [2.05, 4.69) is 10.3 Å². The number of carbonyl (C=O) groups excluding carboxylic acids is 1. The van der Waals surface area contributed by atoms with Gasteiger partial charge in [0.05, 0.1) is 12.3 Å². The van der Waals surface area contributed by atoms with Gasteiger partial charge < -0.3 is 19.8 Å². The van der Waals surface area contributed by atoms with Crippen molar-refractivity contribution in [3.05, 3.63) is 45.9 Å². The molecule has 1 saturated heterocycles. The molecule has 0 aliphatic carbocycles. The van der Waals surface area contributed by atoms with E-state index in [9.17, 15) is 22.8 Å². The molecule has 9 heteroatoms. The first-order valence-corrected chi connectivity index (χ1v) is 9.10. The smallest absolute Gasteiger partial charge is 0.446 e. The molecule has 0 amide bonds. The number of nitrogens with one attached hydrogen (secondary N) is 2. The second-order valence-corrected chi connectivity index (χ2v) is 7.08. The maximum absolute atomic E-state index is 12.9. The van der Waals surface area contributed by atoms with Gasteiger partial charge in [-0.2, -0.15) is 13.2 Å². The highest BCUT2D eigenvalue weighted by atomic mass is 19.4. The highest BCUT2D eigenvalue weighted by molar-refractivity contribution is 5.85. The van der Waals surface area contributed by atoms with Crippen molar-refractivity contribution in [3.8, 4) is 0 Å². The Morgan fingerprint density at radius 2 is 1.82 bits per heavy atom. The lowest BCUT2D eigenvalue weighted by Crippen LogP contribution is -2.44. The summed E-state index contributed by atoms with van der Waals surface area (Å²) in [4.78, 5) is 26.8. The molecule has 2 aliphatic heterocycles. The lowest BCUT2D eigenvalue weighted by atomic mass is 9.85. The van der Waals surface area contributed by atoms with Gasteiger partial charge in [0.2, 0.25) is 0 Å². The standard InChI is InChI=1S/C19H19F3N2O4/c20-19(21,22)18(26)28-16-14-13(9-27-15(16)10-5-7-23-8-6-10)11-3-1-2-4-12(11)17(25)24-14/h1-4,10,15-16,23H,5-9H2,(H,24,25). The zero-order valence-corrected chi connectivity index (χ0v) is 14.8. The molecule has 28 heavy (non-hydrogen) atoms. The van der Waals surface area contributed by atoms with Crippen molar-refractivity contribution < 1.29 is 27.4 Å². The summed E-state index contributed by atoms with van der Waals surface area (Å²) in [7, 11) is 0. The molecule has 1 fully saturated rings. The minimum atomic E-state index is -5.13. The number of esters is 1. The zero-order chi connectivity index (χ0) is 19.9. The van der Waals surface area contributed by atoms with E-state index in [1.54, 1.807) is 24.3 Å². The highest BCUT2D eigenvalue weighted by Crippen LogP contribution is 2.40. The SMILES string of the molecule is O=C(OC1c2[nH]c(=O)c3ccccc3c2COC1C1CCNCC1)C(F)(F)F. The largest absolute Gasteiger partial charge is 0.490 e. The first kappa shape index (κ1) is 18.9. The Balaban J connectivity index is 1.80. The van der Waals surface area contributed by atoms with E-state index in [1.165, 1.54) is 0 Å². The molecule has 1 aromatic heterocycles. The number of hydrogen-bond donors (Lipinski definition) is 2. The van der Waals surface area contributed by atoms with Crippen molar-refractivity contribution in [1.82, 2.24) is 10.3 Å². The summed E-state index contributed by atoms with van der Waals surface area (Å²) in [6, 6.07) is 6.77. The van der Waals surface area contributed by atoms with Gasteiger partial charge in [0, 0.05) is 10.9 Å². The predicted octanol–water partition coefficient (Wildman–Crippen LogP) is 2.57. The maximum atomic E-state index is 12.9. The molecule has 2 aromatic rings. The number of aromatic amines is 1. The molecule has 6 nitrogen and oxygen atoms in total. The number of fused-ring (bicyclic) bond motifs is 3. The van der Waals surface area contributed by atoms with Crippen LogP contribution in [-0.4, -0.2) is 36.3 Å². The molecule has 0 spiro atoms. The van der Waals surface area contributed by atoms with Gasteiger partial charge in [-0.15, -0.1) is 0 Å². The highest BCUT2D eigenvalue weighted by Gasteiger charge is 2.47. The molecule has 2 aliphatic rings. The molecule has 150 valence electrons. The van der Waals surface area contributed by atoms with Crippen molar-refractivity contribution in [2.45, 2.75) is 37.8 Å². The van der Waals surface area contributed by atoms with Crippen molar-refractivity contribution in [1.29, 1.82) is 0 Å². The summed E-state index contributed by atoms with van der Waals surface area (Å²) in [5.41, 5.74) is 0.296. The molecule has 0 radical (unpaired) electrons. The monoisotopic (exact) mass is 396 g/mol. The summed E-state index contributed by atoms with van der Waals surface area (Å²) in [6.45, 7) is 1.53. The van der Waals surface area contributed by atoms with Gasteiger partial charge >= 0.3 is 12.1 Å². The van der Waals surface area contributed by atoms with Crippen LogP contribution < -0.4 is 10.9 Å². The van der Waals surface area contributed by atoms with Gasteiger partial charge in [0.1, 0.15) is 6.10 Å². The van der Waals surface area contributed by atoms with E-state index < -0.39 is 29.9 Å². The van der Waals surface area contributed by atoms with Gasteiger partial charge in [0.15, 0.2) is 6.10 Å². The number of rotatable bonds is 2. The van der Waals surface area contributed by atoms with Crippen LogP contribution in [0.1, 0.15) is 30.2 Å². The van der Waals surface area contributed by atoms with Gasteiger partial charge in [-0.05, 0) is 43.3 Å². The van der Waals surface area contributed by atoms with Gasteiger partial charge in [-0.25, -0.2) is 4.79 Å². The van der Waals surface area contributed by atoms with Gasteiger partial charge in [-0.1, -0.05) is 18.2 Å². The third kappa shape index (κ3) is 3.40. The van der Waals surface area contributed by atoms with Crippen LogP contribution >= 0.6 is 0 Å². The number of aromatic nitrogens is 1. The first-order chi connectivity index (χ1) is 13.4. The summed E-state index contributed by atoms with van der Waals surface area (Å²) in [6.07, 6.45) is -5.85. The predicted molar refractivity (Wildman–Crippen MR) is 93.6 cm³/mol. The van der Waals surface area contributed by atoms with Crippen LogP contribution in [0.15, 0.2) is 29.1 Å². The molecule has 2 atom stereocenters. The number of ether oxygens (including phenoxy) is 2. The van der Waals surface area contributed by atoms with Crippen LogP contribution in [0.2, 0.25) is 0 Å². The number of pyridine rings is 1. The number of piperidine rings is 1. The fourth-order valence-corrected chi connectivity index (χ4v) is 4.05. The molecule has 2 N–H and O–H groups in total. The number of H-pyrrole nitrogens is 1. The molecular formula is C19H19F3N2O4. The average Bonchev–Trinajstić information content (AvgIpc) is 2.68. The molecule has 0 saturated carbocycles. The normalized spacial score (nSPS) is 23.4. The quantitative estimate of drug-likeness (QED) is 0.763. The molecular weight excluding hydrogens is 377 g/mol. The van der Waals surface area contributed by atoms with E-state index in [4.69, 9.17) is 9.47 Å². The Hall–Kier alpha value is -2.39. The lowest BCUT2D eigenvalue weighted by molar-refractivity contribution is -0.216. The molecule has 4 rings (SSSR count). The van der Waals surface area contributed by atoms with Crippen LogP contribution in [0.4, 0.5) is 13.2 Å². The van der Waals surface area contributed by atoms with Gasteiger partial charge in [0.25, 0.3) is 5.56 Å². The third-order valence-electron chi connectivity index (χ3n) is 5.39. The van der Waals surface area contributed by atoms with E-state index >= 15 is 0 Å². The van der Waals surface area contributed by atoms with E-state index in [-0.39, 0.29) is 18.2 Å². The summed E-state index contributed by atoms with van der Waals surface area (Å²) in [5, 5.41) is 4.17. The molecule has 3 heterocycles. The van der Waals surface area contributed by atoms with Gasteiger partial charge in [-0.3, -0.25) is 4.79 Å². The first-order valence-electron chi connectivity index (χ1n) is 9.10. The van der Waals surface area contributed by atoms with Crippen LogP contribution in [0.5, 0.6) is 0 Å². The zero-order valence-electron chi connectivity index (χ0n) is 14.8. The van der Waals surface area contributed by atoms with Crippen molar-refractivity contribution >= 4 is 16.7 Å². The minimum Gasteiger partial charge on any atom is -0.446 e. The van der Waals surface area contributed by atoms with Crippen molar-refractivity contribution in [2.75, 3.05) is 13.1 Å². The van der Waals surface area contributed by atoms with Crippen LogP contribution in [0, 0.1) is 5.92 Å². The number of hydrogen-bond acceptors (Lipinski definition) is 5. The summed E-state index contributed by atoms with van der Waals surface area (Å²) >= 11 is 0. The number of benzene rings is 1. The van der Waals surface area contributed by atoms with Crippen molar-refractivity contribution in [3.63, 3.8) is 0 Å². The molecule has 2 unspecified atom stereocenters.